The van der Waals surface area contributed by atoms with Gasteiger partial charge in [0.25, 0.3) is 0 Å². The van der Waals surface area contributed by atoms with E-state index in [9.17, 15) is 0 Å². The number of allylic oxidation sites excluding steroid dienone is 5. The lowest BCUT2D eigenvalue weighted by Crippen LogP contribution is -1.86. The van der Waals surface area contributed by atoms with Crippen LogP contribution in [0.15, 0.2) is 51.0 Å². The molecule has 17 heavy (non-hydrogen) atoms. The molecule has 88 valence electrons. The Bertz CT molecular complexity index is 541. The Kier molecular flexibility index (Phi) is 3.82. The highest BCUT2D eigenvalue weighted by atomic mass is 35.5. The van der Waals surface area contributed by atoms with Gasteiger partial charge in [0.15, 0.2) is 0 Å². The molecular formula is C13H9Cl3O. The molecule has 0 saturated carbocycles. The number of halogens is 3. The van der Waals surface area contributed by atoms with Crippen LogP contribution in [0.5, 0.6) is 5.75 Å². The molecule has 1 nitrogen and oxygen atoms in total. The van der Waals surface area contributed by atoms with Crippen LogP contribution in [0.1, 0.15) is 5.56 Å². The van der Waals surface area contributed by atoms with E-state index >= 15 is 0 Å². The lowest BCUT2D eigenvalue weighted by molar-refractivity contribution is 0.414. The van der Waals surface area contributed by atoms with E-state index in [0.717, 1.165) is 16.9 Å². The third-order valence-corrected chi connectivity index (χ3v) is 3.68. The minimum atomic E-state index is 0.384. The number of para-hydroxylation sites is 1. The molecule has 0 heterocycles. The maximum absolute atomic E-state index is 6.07. The van der Waals surface area contributed by atoms with Crippen LogP contribution in [-0.2, 0) is 0 Å². The van der Waals surface area contributed by atoms with Crippen LogP contribution >= 0.6 is 34.8 Å². The first-order chi connectivity index (χ1) is 8.13. The minimum absolute atomic E-state index is 0.384. The summed E-state index contributed by atoms with van der Waals surface area (Å²) in [5.74, 6) is 0.775. The van der Waals surface area contributed by atoms with E-state index in [0.29, 0.717) is 15.1 Å². The van der Waals surface area contributed by atoms with E-state index < -0.39 is 0 Å². The molecule has 0 N–H and O–H groups in total. The van der Waals surface area contributed by atoms with Crippen LogP contribution in [0.3, 0.4) is 0 Å². The van der Waals surface area contributed by atoms with Crippen molar-refractivity contribution in [1.29, 1.82) is 0 Å². The van der Waals surface area contributed by atoms with E-state index in [-0.39, 0.29) is 0 Å². The lowest BCUT2D eigenvalue weighted by Gasteiger charge is -2.04. The molecule has 1 aromatic rings. The zero-order valence-corrected chi connectivity index (χ0v) is 11.3. The predicted octanol–water partition coefficient (Wildman–Crippen LogP) is 4.90. The van der Waals surface area contributed by atoms with Crippen LogP contribution < -0.4 is 4.74 Å². The first-order valence-electron chi connectivity index (χ1n) is 4.91. The zero-order valence-electron chi connectivity index (χ0n) is 9.01. The molecule has 0 fully saturated rings. The van der Waals surface area contributed by atoms with E-state index in [4.69, 9.17) is 39.5 Å². The van der Waals surface area contributed by atoms with Gasteiger partial charge in [0.2, 0.25) is 0 Å². The van der Waals surface area contributed by atoms with Crippen LogP contribution in [0.4, 0.5) is 0 Å². The van der Waals surface area contributed by atoms with Crippen molar-refractivity contribution >= 4 is 40.9 Å². The highest BCUT2D eigenvalue weighted by Gasteiger charge is 2.17. The summed E-state index contributed by atoms with van der Waals surface area (Å²) in [7, 11) is 1.62. The zero-order chi connectivity index (χ0) is 12.4. The van der Waals surface area contributed by atoms with Gasteiger partial charge in [0.05, 0.1) is 22.2 Å². The van der Waals surface area contributed by atoms with Gasteiger partial charge in [-0.25, -0.2) is 0 Å². The summed E-state index contributed by atoms with van der Waals surface area (Å²) in [6, 6.07) is 7.65. The largest absolute Gasteiger partial charge is 0.496 e. The van der Waals surface area contributed by atoms with E-state index in [1.807, 2.05) is 30.3 Å². The van der Waals surface area contributed by atoms with Gasteiger partial charge in [-0.2, -0.15) is 0 Å². The summed E-state index contributed by atoms with van der Waals surface area (Å²) in [5.41, 5.74) is 1.71. The second-order valence-corrected chi connectivity index (χ2v) is 4.62. The van der Waals surface area contributed by atoms with Crippen molar-refractivity contribution in [3.05, 3.63) is 56.6 Å². The van der Waals surface area contributed by atoms with Gasteiger partial charge < -0.3 is 4.74 Å². The highest BCUT2D eigenvalue weighted by Crippen LogP contribution is 2.39. The highest BCUT2D eigenvalue weighted by molar-refractivity contribution is 6.50. The fraction of sp³-hybridized carbons (Fsp3) is 0.0769. The molecule has 1 aromatic carbocycles. The molecule has 0 spiro atoms. The Morgan fingerprint density at radius 1 is 1.06 bits per heavy atom. The van der Waals surface area contributed by atoms with E-state index in [1.54, 1.807) is 13.2 Å². The third-order valence-electron chi connectivity index (χ3n) is 2.39. The Morgan fingerprint density at radius 3 is 2.35 bits per heavy atom. The SMILES string of the molecule is COc1ccccc1/C=C1\C=C(Cl)C(Cl)=C1Cl. The summed E-state index contributed by atoms with van der Waals surface area (Å²) in [4.78, 5) is 0. The van der Waals surface area contributed by atoms with E-state index in [1.165, 1.54) is 0 Å². The van der Waals surface area contributed by atoms with Crippen molar-refractivity contribution in [2.24, 2.45) is 0 Å². The molecule has 4 heteroatoms. The van der Waals surface area contributed by atoms with Crippen molar-refractivity contribution in [2.75, 3.05) is 7.11 Å². The maximum Gasteiger partial charge on any atom is 0.126 e. The molecule has 1 aliphatic rings. The molecule has 0 aliphatic heterocycles. The van der Waals surface area contributed by atoms with Crippen LogP contribution in [0.2, 0.25) is 0 Å². The smallest absolute Gasteiger partial charge is 0.126 e. The average Bonchev–Trinajstić information content (AvgIpc) is 2.58. The van der Waals surface area contributed by atoms with Crippen molar-refractivity contribution < 1.29 is 4.74 Å². The normalized spacial score (nSPS) is 17.6. The Morgan fingerprint density at radius 2 is 1.76 bits per heavy atom. The Labute approximate surface area is 115 Å². The number of hydrogen-bond acceptors (Lipinski definition) is 1. The molecule has 1 aliphatic carbocycles. The quantitative estimate of drug-likeness (QED) is 0.751. The molecule has 0 atom stereocenters. The Balaban J connectivity index is 2.45. The fourth-order valence-corrected chi connectivity index (χ4v) is 2.19. The number of benzene rings is 1. The third kappa shape index (κ3) is 2.52. The number of ether oxygens (including phenoxy) is 1. The predicted molar refractivity (Wildman–Crippen MR) is 73.6 cm³/mol. The summed E-state index contributed by atoms with van der Waals surface area (Å²) in [6.45, 7) is 0. The number of hydrogen-bond donors (Lipinski definition) is 0. The minimum Gasteiger partial charge on any atom is -0.496 e. The van der Waals surface area contributed by atoms with Gasteiger partial charge in [-0.1, -0.05) is 53.0 Å². The maximum atomic E-state index is 6.07. The molecule has 0 bridgehead atoms. The van der Waals surface area contributed by atoms with Gasteiger partial charge in [-0.15, -0.1) is 0 Å². The van der Waals surface area contributed by atoms with Crippen molar-refractivity contribution in [2.45, 2.75) is 0 Å². The van der Waals surface area contributed by atoms with Gasteiger partial charge in [0, 0.05) is 5.56 Å². The van der Waals surface area contributed by atoms with Crippen LogP contribution in [0.25, 0.3) is 6.08 Å². The first kappa shape index (κ1) is 12.6. The van der Waals surface area contributed by atoms with Gasteiger partial charge in [0.1, 0.15) is 5.75 Å². The van der Waals surface area contributed by atoms with Crippen molar-refractivity contribution in [3.63, 3.8) is 0 Å². The second kappa shape index (κ2) is 5.18. The van der Waals surface area contributed by atoms with Gasteiger partial charge >= 0.3 is 0 Å². The van der Waals surface area contributed by atoms with Gasteiger partial charge in [-0.05, 0) is 23.8 Å². The molecular weight excluding hydrogens is 279 g/mol. The first-order valence-corrected chi connectivity index (χ1v) is 6.05. The second-order valence-electron chi connectivity index (χ2n) is 3.46. The molecule has 0 aromatic heterocycles. The molecule has 0 unspecified atom stereocenters. The Hall–Kier alpha value is -0.890. The van der Waals surface area contributed by atoms with Crippen LogP contribution in [-0.4, -0.2) is 7.11 Å². The lowest BCUT2D eigenvalue weighted by atomic mass is 10.1. The molecule has 0 saturated heterocycles. The molecule has 2 rings (SSSR count). The monoisotopic (exact) mass is 286 g/mol. The van der Waals surface area contributed by atoms with Crippen LogP contribution in [0, 0.1) is 0 Å². The molecule has 0 amide bonds. The topological polar surface area (TPSA) is 9.23 Å². The summed E-state index contributed by atoms with van der Waals surface area (Å²) >= 11 is 17.9. The van der Waals surface area contributed by atoms with Gasteiger partial charge in [-0.3, -0.25) is 0 Å². The standard InChI is InChI=1S/C13H9Cl3O/c1-17-11-5-3-2-4-8(11)6-9-7-10(14)13(16)12(9)15/h2-7H,1H3/b9-6+. The fourth-order valence-electron chi connectivity index (χ4n) is 1.55. The van der Waals surface area contributed by atoms with Crippen molar-refractivity contribution in [1.82, 2.24) is 0 Å². The number of rotatable bonds is 2. The summed E-state index contributed by atoms with van der Waals surface area (Å²) in [6.07, 6.45) is 3.62. The summed E-state index contributed by atoms with van der Waals surface area (Å²) in [5, 5.41) is 1.30. The number of methoxy groups -OCH3 is 1. The summed E-state index contributed by atoms with van der Waals surface area (Å²) < 4.78 is 5.25. The average molecular weight is 288 g/mol. The van der Waals surface area contributed by atoms with Crippen molar-refractivity contribution in [3.8, 4) is 5.75 Å². The molecule has 0 radical (unpaired) electrons. The van der Waals surface area contributed by atoms with E-state index in [2.05, 4.69) is 0 Å².